The van der Waals surface area contributed by atoms with E-state index in [-0.39, 0.29) is 0 Å². The molecule has 0 aliphatic carbocycles. The van der Waals surface area contributed by atoms with Gasteiger partial charge in [0.15, 0.2) is 0 Å². The lowest BCUT2D eigenvalue weighted by Gasteiger charge is -2.08. The van der Waals surface area contributed by atoms with E-state index >= 15 is 0 Å². The number of aromatic nitrogens is 2. The predicted octanol–water partition coefficient (Wildman–Crippen LogP) is 1.29. The third-order valence-electron chi connectivity index (χ3n) is 2.17. The molecule has 0 aromatic carbocycles. The number of nitrogens with zero attached hydrogens (tertiary/aromatic N) is 2. The van der Waals surface area contributed by atoms with E-state index in [1.54, 1.807) is 23.4 Å². The molecule has 2 aromatic heterocycles. The maximum absolute atomic E-state index is 9.84. The summed E-state index contributed by atoms with van der Waals surface area (Å²) in [5, 5.41) is 9.84. The molecule has 2 aromatic rings. The topological polar surface area (TPSA) is 51.2 Å². The van der Waals surface area contributed by atoms with Crippen LogP contribution in [0.15, 0.2) is 35.3 Å². The molecular weight excluding hydrogens is 180 g/mol. The molecule has 1 atom stereocenters. The Balaban J connectivity index is 2.10. The number of furan rings is 1. The number of rotatable bonds is 3. The Kier molecular flexibility index (Phi) is 2.37. The molecule has 74 valence electrons. The van der Waals surface area contributed by atoms with E-state index in [0.717, 1.165) is 11.5 Å². The monoisotopic (exact) mass is 192 g/mol. The van der Waals surface area contributed by atoms with Gasteiger partial charge in [-0.1, -0.05) is 0 Å². The Bertz CT molecular complexity index is 392. The summed E-state index contributed by atoms with van der Waals surface area (Å²) in [4.78, 5) is 3.94. The minimum atomic E-state index is -0.561. The predicted molar refractivity (Wildman–Crippen MR) is 50.6 cm³/mol. The van der Waals surface area contributed by atoms with Gasteiger partial charge in [0.25, 0.3) is 0 Å². The van der Waals surface area contributed by atoms with Gasteiger partial charge in [0.1, 0.15) is 11.9 Å². The third-order valence-corrected chi connectivity index (χ3v) is 2.17. The molecule has 0 aliphatic rings. The fourth-order valence-electron chi connectivity index (χ4n) is 1.41. The summed E-state index contributed by atoms with van der Waals surface area (Å²) in [6.45, 7) is 0. The Labute approximate surface area is 81.8 Å². The van der Waals surface area contributed by atoms with Crippen LogP contribution in [0.4, 0.5) is 0 Å². The van der Waals surface area contributed by atoms with Gasteiger partial charge in [-0.05, 0) is 12.1 Å². The van der Waals surface area contributed by atoms with Crippen molar-refractivity contribution in [2.75, 3.05) is 0 Å². The third kappa shape index (κ3) is 1.70. The molecule has 2 heterocycles. The highest BCUT2D eigenvalue weighted by Gasteiger charge is 2.13. The zero-order valence-corrected chi connectivity index (χ0v) is 7.92. The van der Waals surface area contributed by atoms with Crippen LogP contribution in [0.1, 0.15) is 17.6 Å². The molecular formula is C10H12N2O2. The first kappa shape index (κ1) is 9.02. The van der Waals surface area contributed by atoms with Crippen LogP contribution in [0.3, 0.4) is 0 Å². The lowest BCUT2D eigenvalue weighted by molar-refractivity contribution is 0.162. The molecule has 0 saturated carbocycles. The van der Waals surface area contributed by atoms with Crippen LogP contribution in [-0.4, -0.2) is 14.7 Å². The molecule has 0 aliphatic heterocycles. The van der Waals surface area contributed by atoms with Gasteiger partial charge >= 0.3 is 0 Å². The standard InChI is InChI=1S/C10H12N2O2/c1-12-7-11-6-9(12)10(13)5-8-3-2-4-14-8/h2-4,6-7,10,13H,5H2,1H3. The van der Waals surface area contributed by atoms with Crippen LogP contribution < -0.4 is 0 Å². The van der Waals surface area contributed by atoms with Crippen LogP contribution >= 0.6 is 0 Å². The molecule has 1 N–H and O–H groups in total. The van der Waals surface area contributed by atoms with Crippen molar-refractivity contribution >= 4 is 0 Å². The first-order chi connectivity index (χ1) is 6.77. The summed E-state index contributed by atoms with van der Waals surface area (Å²) >= 11 is 0. The fourth-order valence-corrected chi connectivity index (χ4v) is 1.41. The molecule has 4 nitrogen and oxygen atoms in total. The summed E-state index contributed by atoms with van der Waals surface area (Å²) in [5.74, 6) is 0.777. The highest BCUT2D eigenvalue weighted by molar-refractivity contribution is 5.07. The van der Waals surface area contributed by atoms with Crippen molar-refractivity contribution in [1.82, 2.24) is 9.55 Å². The summed E-state index contributed by atoms with van der Waals surface area (Å²) in [6, 6.07) is 3.66. The van der Waals surface area contributed by atoms with E-state index in [1.807, 2.05) is 19.2 Å². The number of hydrogen-bond acceptors (Lipinski definition) is 3. The molecule has 0 radical (unpaired) electrons. The van der Waals surface area contributed by atoms with Gasteiger partial charge in [0, 0.05) is 13.5 Å². The van der Waals surface area contributed by atoms with Crippen molar-refractivity contribution < 1.29 is 9.52 Å². The highest BCUT2D eigenvalue weighted by atomic mass is 16.3. The molecule has 0 bridgehead atoms. The Morgan fingerprint density at radius 2 is 2.50 bits per heavy atom. The highest BCUT2D eigenvalue weighted by Crippen LogP contribution is 2.17. The van der Waals surface area contributed by atoms with E-state index in [9.17, 15) is 5.11 Å². The van der Waals surface area contributed by atoms with Gasteiger partial charge in [-0.15, -0.1) is 0 Å². The molecule has 14 heavy (non-hydrogen) atoms. The van der Waals surface area contributed by atoms with Crippen LogP contribution in [0, 0.1) is 0 Å². The van der Waals surface area contributed by atoms with Gasteiger partial charge in [-0.2, -0.15) is 0 Å². The van der Waals surface area contributed by atoms with Crippen LogP contribution in [-0.2, 0) is 13.5 Å². The molecule has 0 saturated heterocycles. The van der Waals surface area contributed by atoms with E-state index in [1.165, 1.54) is 0 Å². The largest absolute Gasteiger partial charge is 0.469 e. The summed E-state index contributed by atoms with van der Waals surface area (Å²) in [5.41, 5.74) is 0.793. The Hall–Kier alpha value is -1.55. The average molecular weight is 192 g/mol. The van der Waals surface area contributed by atoms with Crippen LogP contribution in [0.5, 0.6) is 0 Å². The average Bonchev–Trinajstić information content (AvgIpc) is 2.75. The Morgan fingerprint density at radius 3 is 3.07 bits per heavy atom. The normalized spacial score (nSPS) is 13.0. The molecule has 0 spiro atoms. The van der Waals surface area contributed by atoms with E-state index in [4.69, 9.17) is 4.42 Å². The van der Waals surface area contributed by atoms with Gasteiger partial charge in [-0.25, -0.2) is 4.98 Å². The van der Waals surface area contributed by atoms with Crippen LogP contribution in [0.25, 0.3) is 0 Å². The second-order valence-corrected chi connectivity index (χ2v) is 3.23. The van der Waals surface area contributed by atoms with Crippen molar-refractivity contribution in [3.8, 4) is 0 Å². The van der Waals surface area contributed by atoms with E-state index < -0.39 is 6.10 Å². The smallest absolute Gasteiger partial charge is 0.106 e. The molecule has 0 amide bonds. The maximum atomic E-state index is 9.84. The maximum Gasteiger partial charge on any atom is 0.106 e. The number of aryl methyl sites for hydroxylation is 1. The summed E-state index contributed by atoms with van der Waals surface area (Å²) in [6.07, 6.45) is 4.85. The fraction of sp³-hybridized carbons (Fsp3) is 0.300. The number of aliphatic hydroxyl groups excluding tert-OH is 1. The van der Waals surface area contributed by atoms with Gasteiger partial charge in [0.2, 0.25) is 0 Å². The van der Waals surface area contributed by atoms with E-state index in [2.05, 4.69) is 4.98 Å². The van der Waals surface area contributed by atoms with Crippen molar-refractivity contribution in [3.63, 3.8) is 0 Å². The zero-order chi connectivity index (χ0) is 9.97. The minimum Gasteiger partial charge on any atom is -0.469 e. The lowest BCUT2D eigenvalue weighted by Crippen LogP contribution is -2.05. The van der Waals surface area contributed by atoms with Gasteiger partial charge in [-0.3, -0.25) is 0 Å². The van der Waals surface area contributed by atoms with Gasteiger partial charge in [0.05, 0.1) is 24.5 Å². The van der Waals surface area contributed by atoms with Crippen LogP contribution in [0.2, 0.25) is 0 Å². The first-order valence-corrected chi connectivity index (χ1v) is 4.44. The molecule has 1 unspecified atom stereocenters. The summed E-state index contributed by atoms with van der Waals surface area (Å²) < 4.78 is 6.95. The summed E-state index contributed by atoms with van der Waals surface area (Å²) in [7, 11) is 1.85. The lowest BCUT2D eigenvalue weighted by atomic mass is 10.1. The molecule has 2 rings (SSSR count). The second kappa shape index (κ2) is 3.67. The van der Waals surface area contributed by atoms with Crippen molar-refractivity contribution in [2.24, 2.45) is 7.05 Å². The van der Waals surface area contributed by atoms with Gasteiger partial charge < -0.3 is 14.1 Å². The second-order valence-electron chi connectivity index (χ2n) is 3.23. The van der Waals surface area contributed by atoms with Crippen molar-refractivity contribution in [3.05, 3.63) is 42.4 Å². The number of imidazole rings is 1. The molecule has 4 heteroatoms. The minimum absolute atomic E-state index is 0.479. The zero-order valence-electron chi connectivity index (χ0n) is 7.92. The first-order valence-electron chi connectivity index (χ1n) is 4.44. The number of aliphatic hydroxyl groups is 1. The van der Waals surface area contributed by atoms with Crippen molar-refractivity contribution in [1.29, 1.82) is 0 Å². The van der Waals surface area contributed by atoms with Crippen molar-refractivity contribution in [2.45, 2.75) is 12.5 Å². The molecule has 0 fully saturated rings. The quantitative estimate of drug-likeness (QED) is 0.797. The van der Waals surface area contributed by atoms with E-state index in [0.29, 0.717) is 6.42 Å². The number of hydrogen-bond donors (Lipinski definition) is 1. The SMILES string of the molecule is Cn1cncc1C(O)Cc1ccco1. The Morgan fingerprint density at radius 1 is 1.64 bits per heavy atom.